The van der Waals surface area contributed by atoms with Crippen molar-refractivity contribution in [3.63, 3.8) is 0 Å². The largest absolute Gasteiger partial charge is 0.478 e. The highest BCUT2D eigenvalue weighted by molar-refractivity contribution is 5.87. The van der Waals surface area contributed by atoms with E-state index in [4.69, 9.17) is 5.11 Å². The fourth-order valence-electron chi connectivity index (χ4n) is 1.64. The highest BCUT2D eigenvalue weighted by Gasteiger charge is 2.06. The first kappa shape index (κ1) is 12.0. The van der Waals surface area contributed by atoms with Crippen molar-refractivity contribution in [2.24, 2.45) is 0 Å². The number of hydrogen-bond donors (Lipinski definition) is 1. The van der Waals surface area contributed by atoms with Gasteiger partial charge in [-0.15, -0.1) is 0 Å². The van der Waals surface area contributed by atoms with Gasteiger partial charge >= 0.3 is 5.97 Å². The van der Waals surface area contributed by atoms with E-state index in [9.17, 15) is 9.59 Å². The van der Waals surface area contributed by atoms with Gasteiger partial charge in [-0.3, -0.25) is 9.78 Å². The number of carboxylic acid groups (broad SMARTS) is 1. The topological polar surface area (TPSA) is 72.2 Å². The van der Waals surface area contributed by atoms with Crippen LogP contribution in [0.25, 0.3) is 0 Å². The number of carboxylic acids is 1. The number of carbonyl (C=O) groups is 1. The van der Waals surface area contributed by atoms with Gasteiger partial charge in [0.05, 0.1) is 12.1 Å². The fraction of sp³-hybridized carbons (Fsp3) is 0.154. The summed E-state index contributed by atoms with van der Waals surface area (Å²) in [6.45, 7) is 2.24. The van der Waals surface area contributed by atoms with E-state index in [1.807, 2.05) is 13.0 Å². The number of rotatable bonds is 3. The molecule has 2 rings (SSSR count). The van der Waals surface area contributed by atoms with E-state index in [0.717, 1.165) is 11.1 Å². The predicted octanol–water partition coefficient (Wildman–Crippen LogP) is 1.30. The molecule has 0 unspecified atom stereocenters. The molecule has 0 aromatic carbocycles. The van der Waals surface area contributed by atoms with Crippen molar-refractivity contribution >= 4 is 5.97 Å². The third-order valence-electron chi connectivity index (χ3n) is 2.71. The lowest BCUT2D eigenvalue weighted by molar-refractivity contribution is 0.0696. The van der Waals surface area contributed by atoms with Gasteiger partial charge in [-0.05, 0) is 30.2 Å². The maximum atomic E-state index is 11.7. The van der Waals surface area contributed by atoms with Crippen LogP contribution < -0.4 is 5.56 Å². The summed E-state index contributed by atoms with van der Waals surface area (Å²) in [6.07, 6.45) is 4.71. The molecule has 2 aromatic heterocycles. The van der Waals surface area contributed by atoms with E-state index in [2.05, 4.69) is 4.98 Å². The maximum Gasteiger partial charge on any atom is 0.337 e. The fourth-order valence-corrected chi connectivity index (χ4v) is 1.64. The summed E-state index contributed by atoms with van der Waals surface area (Å²) in [6, 6.07) is 4.38. The van der Waals surface area contributed by atoms with Crippen LogP contribution in [0.5, 0.6) is 0 Å². The average molecular weight is 244 g/mol. The van der Waals surface area contributed by atoms with Gasteiger partial charge in [-0.2, -0.15) is 0 Å². The molecule has 0 aliphatic carbocycles. The van der Waals surface area contributed by atoms with Gasteiger partial charge in [0.15, 0.2) is 0 Å². The highest BCUT2D eigenvalue weighted by atomic mass is 16.4. The predicted molar refractivity (Wildman–Crippen MR) is 65.7 cm³/mol. The lowest BCUT2D eigenvalue weighted by Gasteiger charge is -2.08. The summed E-state index contributed by atoms with van der Waals surface area (Å²) in [5.41, 5.74) is 1.78. The summed E-state index contributed by atoms with van der Waals surface area (Å²) < 4.78 is 1.38. The molecule has 5 heteroatoms. The summed E-state index contributed by atoms with van der Waals surface area (Å²) in [5, 5.41) is 8.90. The van der Waals surface area contributed by atoms with Gasteiger partial charge in [0, 0.05) is 24.7 Å². The Kier molecular flexibility index (Phi) is 3.23. The number of pyridine rings is 2. The second kappa shape index (κ2) is 4.83. The molecule has 0 aliphatic rings. The molecule has 0 fully saturated rings. The van der Waals surface area contributed by atoms with E-state index in [1.165, 1.54) is 22.9 Å². The van der Waals surface area contributed by atoms with Crippen LogP contribution in [0.15, 0.2) is 41.6 Å². The standard InChI is InChI=1S/C13H12N2O3/c1-9-6-14-5-4-10(9)7-15-8-11(13(17)18)2-3-12(15)16/h2-6,8H,7H2,1H3,(H,17,18). The normalized spacial score (nSPS) is 10.3. The van der Waals surface area contributed by atoms with Crippen molar-refractivity contribution in [1.29, 1.82) is 0 Å². The highest BCUT2D eigenvalue weighted by Crippen LogP contribution is 2.07. The van der Waals surface area contributed by atoms with E-state index in [1.54, 1.807) is 12.4 Å². The molecule has 0 amide bonds. The first-order chi connectivity index (χ1) is 8.58. The second-order valence-electron chi connectivity index (χ2n) is 3.99. The van der Waals surface area contributed by atoms with Crippen LogP contribution in [-0.2, 0) is 6.54 Å². The summed E-state index contributed by atoms with van der Waals surface area (Å²) in [5.74, 6) is -1.05. The number of hydrogen-bond acceptors (Lipinski definition) is 3. The van der Waals surface area contributed by atoms with Gasteiger partial charge < -0.3 is 9.67 Å². The monoisotopic (exact) mass is 244 g/mol. The van der Waals surface area contributed by atoms with Gasteiger partial charge in [0.1, 0.15) is 0 Å². The third kappa shape index (κ3) is 2.45. The number of aromatic nitrogens is 2. The first-order valence-electron chi connectivity index (χ1n) is 5.41. The van der Waals surface area contributed by atoms with Crippen LogP contribution in [-0.4, -0.2) is 20.6 Å². The van der Waals surface area contributed by atoms with E-state index < -0.39 is 5.97 Å². The van der Waals surface area contributed by atoms with Gasteiger partial charge in [0.25, 0.3) is 5.56 Å². The molecular weight excluding hydrogens is 232 g/mol. The quantitative estimate of drug-likeness (QED) is 0.883. The summed E-state index contributed by atoms with van der Waals surface area (Å²) in [4.78, 5) is 26.5. The van der Waals surface area contributed by atoms with Crippen LogP contribution in [0, 0.1) is 6.92 Å². The first-order valence-corrected chi connectivity index (χ1v) is 5.41. The van der Waals surface area contributed by atoms with Gasteiger partial charge in [-0.25, -0.2) is 4.79 Å². The second-order valence-corrected chi connectivity index (χ2v) is 3.99. The molecular formula is C13H12N2O3. The number of aryl methyl sites for hydroxylation is 1. The lowest BCUT2D eigenvalue weighted by atomic mass is 10.1. The Morgan fingerprint density at radius 2 is 2.17 bits per heavy atom. The Bertz CT molecular complexity index is 647. The van der Waals surface area contributed by atoms with Crippen molar-refractivity contribution in [1.82, 2.24) is 9.55 Å². The third-order valence-corrected chi connectivity index (χ3v) is 2.71. The molecule has 92 valence electrons. The Morgan fingerprint density at radius 1 is 1.39 bits per heavy atom. The van der Waals surface area contributed by atoms with Crippen molar-refractivity contribution < 1.29 is 9.90 Å². The van der Waals surface area contributed by atoms with E-state index in [0.29, 0.717) is 6.54 Å². The summed E-state index contributed by atoms with van der Waals surface area (Å²) >= 11 is 0. The molecule has 2 heterocycles. The van der Waals surface area contributed by atoms with Crippen molar-refractivity contribution in [3.05, 3.63) is 63.8 Å². The Balaban J connectivity index is 2.40. The minimum absolute atomic E-state index is 0.0984. The molecule has 18 heavy (non-hydrogen) atoms. The van der Waals surface area contributed by atoms with Crippen molar-refractivity contribution in [2.75, 3.05) is 0 Å². The zero-order valence-electron chi connectivity index (χ0n) is 9.83. The van der Waals surface area contributed by atoms with Crippen LogP contribution in [0.3, 0.4) is 0 Å². The summed E-state index contributed by atoms with van der Waals surface area (Å²) in [7, 11) is 0. The minimum atomic E-state index is -1.05. The minimum Gasteiger partial charge on any atom is -0.478 e. The molecule has 0 spiro atoms. The van der Waals surface area contributed by atoms with Gasteiger partial charge in [0.2, 0.25) is 0 Å². The van der Waals surface area contributed by atoms with Crippen molar-refractivity contribution in [2.45, 2.75) is 13.5 Å². The molecule has 0 atom stereocenters. The smallest absolute Gasteiger partial charge is 0.337 e. The Labute approximate surface area is 103 Å². The van der Waals surface area contributed by atoms with Crippen LogP contribution >= 0.6 is 0 Å². The van der Waals surface area contributed by atoms with E-state index in [-0.39, 0.29) is 11.1 Å². The number of aromatic carboxylic acids is 1. The lowest BCUT2D eigenvalue weighted by Crippen LogP contribution is -2.21. The van der Waals surface area contributed by atoms with Crippen molar-refractivity contribution in [3.8, 4) is 0 Å². The maximum absolute atomic E-state index is 11.7. The zero-order valence-corrected chi connectivity index (χ0v) is 9.83. The molecule has 5 nitrogen and oxygen atoms in total. The Morgan fingerprint density at radius 3 is 2.83 bits per heavy atom. The molecule has 0 radical (unpaired) electrons. The molecule has 0 bridgehead atoms. The number of nitrogens with zero attached hydrogens (tertiary/aromatic N) is 2. The SMILES string of the molecule is Cc1cnccc1Cn1cc(C(=O)O)ccc1=O. The molecule has 0 saturated heterocycles. The Hall–Kier alpha value is -2.43. The molecule has 2 aromatic rings. The molecule has 0 saturated carbocycles. The average Bonchev–Trinajstić information content (AvgIpc) is 2.34. The van der Waals surface area contributed by atoms with Crippen LogP contribution in [0.4, 0.5) is 0 Å². The van der Waals surface area contributed by atoms with Gasteiger partial charge in [-0.1, -0.05) is 0 Å². The van der Waals surface area contributed by atoms with E-state index >= 15 is 0 Å². The molecule has 0 aliphatic heterocycles. The zero-order chi connectivity index (χ0) is 13.1. The van der Waals surface area contributed by atoms with Crippen LogP contribution in [0.2, 0.25) is 0 Å². The van der Waals surface area contributed by atoms with Crippen LogP contribution in [0.1, 0.15) is 21.5 Å². The molecule has 1 N–H and O–H groups in total.